The van der Waals surface area contributed by atoms with Crippen LogP contribution in [-0.4, -0.2) is 34.1 Å². The van der Waals surface area contributed by atoms with Crippen LogP contribution in [0.4, 0.5) is 5.69 Å². The summed E-state index contributed by atoms with van der Waals surface area (Å²) in [6.07, 6.45) is 5.56. The summed E-state index contributed by atoms with van der Waals surface area (Å²) in [4.78, 5) is 4.14. The number of pyridine rings is 1. The van der Waals surface area contributed by atoms with E-state index in [1.807, 2.05) is 46.5 Å². The van der Waals surface area contributed by atoms with E-state index in [1.165, 1.54) is 0 Å². The Kier molecular flexibility index (Phi) is 4.60. The normalized spacial score (nSPS) is 13.3. The number of hydrogen-bond acceptors (Lipinski definition) is 4. The molecule has 0 amide bonds. The lowest BCUT2D eigenvalue weighted by Crippen LogP contribution is -2.26. The van der Waals surface area contributed by atoms with E-state index in [4.69, 9.17) is 0 Å². The number of aliphatic imine (C=N–C) groups is 1. The number of fused-ring (bicyclic) bond motifs is 1. The second-order valence-corrected chi connectivity index (χ2v) is 3.42. The Bertz CT molecular complexity index is 510. The molecule has 1 N–H and O–H groups in total. The minimum absolute atomic E-state index is 0. The number of hydrazine groups is 1. The zero-order valence-corrected chi connectivity index (χ0v) is 10.6. The van der Waals surface area contributed by atoms with Gasteiger partial charge in [0.1, 0.15) is 12.0 Å². The number of rotatable bonds is 2. The van der Waals surface area contributed by atoms with Gasteiger partial charge < -0.3 is 0 Å². The van der Waals surface area contributed by atoms with Crippen molar-refractivity contribution in [2.45, 2.75) is 0 Å². The lowest BCUT2D eigenvalue weighted by molar-refractivity contribution is 0.558. The Hall–Kier alpha value is -1.46. The van der Waals surface area contributed by atoms with Crippen molar-refractivity contribution in [2.24, 2.45) is 4.99 Å². The van der Waals surface area contributed by atoms with E-state index in [9.17, 15) is 0 Å². The zero-order chi connectivity index (χ0) is 10.1. The van der Waals surface area contributed by atoms with Gasteiger partial charge in [0, 0.05) is 6.20 Å². The summed E-state index contributed by atoms with van der Waals surface area (Å²) in [6.45, 7) is 1.76. The van der Waals surface area contributed by atoms with Crippen LogP contribution >= 0.6 is 24.8 Å². The zero-order valence-electron chi connectivity index (χ0n) is 8.98. The maximum Gasteiger partial charge on any atom is 0.104 e. The molecule has 0 bridgehead atoms. The first kappa shape index (κ1) is 13.6. The SMILES string of the molecule is C1=NCCN1Nc1cnn2ccccc12.Cl.Cl. The average molecular weight is 274 g/mol. The Labute approximate surface area is 111 Å². The molecule has 0 saturated heterocycles. The van der Waals surface area contributed by atoms with Gasteiger partial charge in [-0.1, -0.05) is 6.07 Å². The molecule has 0 radical (unpaired) electrons. The molecule has 7 heteroatoms. The van der Waals surface area contributed by atoms with Crippen molar-refractivity contribution in [3.05, 3.63) is 30.6 Å². The summed E-state index contributed by atoms with van der Waals surface area (Å²) in [5.74, 6) is 0. The Balaban J connectivity index is 0.000000722. The first-order chi connectivity index (χ1) is 7.43. The van der Waals surface area contributed by atoms with E-state index in [-0.39, 0.29) is 24.8 Å². The quantitative estimate of drug-likeness (QED) is 0.909. The maximum atomic E-state index is 4.24. The van der Waals surface area contributed by atoms with Crippen molar-refractivity contribution < 1.29 is 0 Å². The van der Waals surface area contributed by atoms with Gasteiger partial charge in [0.2, 0.25) is 0 Å². The van der Waals surface area contributed by atoms with Crippen molar-refractivity contribution in [1.29, 1.82) is 0 Å². The third-order valence-electron chi connectivity index (χ3n) is 2.38. The van der Waals surface area contributed by atoms with Crippen LogP contribution < -0.4 is 5.43 Å². The lowest BCUT2D eigenvalue weighted by Gasteiger charge is -2.15. The molecule has 3 heterocycles. The van der Waals surface area contributed by atoms with Crippen molar-refractivity contribution >= 4 is 42.4 Å². The van der Waals surface area contributed by atoms with Crippen LogP contribution in [0.1, 0.15) is 0 Å². The Morgan fingerprint density at radius 2 is 2.12 bits per heavy atom. The van der Waals surface area contributed by atoms with Crippen molar-refractivity contribution in [1.82, 2.24) is 14.6 Å². The molecule has 0 spiro atoms. The van der Waals surface area contributed by atoms with Crippen LogP contribution in [0.2, 0.25) is 0 Å². The minimum Gasteiger partial charge on any atom is -0.294 e. The molecule has 0 saturated carbocycles. The topological polar surface area (TPSA) is 44.9 Å². The molecular formula is C10H13Cl2N5. The summed E-state index contributed by atoms with van der Waals surface area (Å²) in [5, 5.41) is 6.21. The van der Waals surface area contributed by atoms with Crippen LogP contribution in [0.5, 0.6) is 0 Å². The maximum absolute atomic E-state index is 4.24. The van der Waals surface area contributed by atoms with Gasteiger partial charge in [0.05, 0.1) is 24.8 Å². The second kappa shape index (κ2) is 5.75. The summed E-state index contributed by atoms with van der Waals surface area (Å²) < 4.78 is 1.84. The van der Waals surface area contributed by atoms with Gasteiger partial charge in [-0.25, -0.2) is 4.52 Å². The van der Waals surface area contributed by atoms with E-state index < -0.39 is 0 Å². The summed E-state index contributed by atoms with van der Waals surface area (Å²) in [6, 6.07) is 5.99. The molecule has 0 unspecified atom stereocenters. The fourth-order valence-corrected chi connectivity index (χ4v) is 1.64. The minimum atomic E-state index is 0. The van der Waals surface area contributed by atoms with E-state index in [0.717, 1.165) is 24.3 Å². The summed E-state index contributed by atoms with van der Waals surface area (Å²) >= 11 is 0. The smallest absolute Gasteiger partial charge is 0.104 e. The first-order valence-corrected chi connectivity index (χ1v) is 4.89. The number of nitrogens with one attached hydrogen (secondary N) is 1. The van der Waals surface area contributed by atoms with Crippen LogP contribution in [0.3, 0.4) is 0 Å². The van der Waals surface area contributed by atoms with E-state index >= 15 is 0 Å². The summed E-state index contributed by atoms with van der Waals surface area (Å²) in [7, 11) is 0. The fourth-order valence-electron chi connectivity index (χ4n) is 1.64. The van der Waals surface area contributed by atoms with Crippen LogP contribution in [-0.2, 0) is 0 Å². The molecule has 1 aliphatic rings. The third kappa shape index (κ3) is 2.62. The fraction of sp³-hybridized carbons (Fsp3) is 0.200. The first-order valence-electron chi connectivity index (χ1n) is 4.89. The highest BCUT2D eigenvalue weighted by Crippen LogP contribution is 2.16. The molecule has 2 aromatic rings. The number of aromatic nitrogens is 2. The largest absolute Gasteiger partial charge is 0.294 e. The third-order valence-corrected chi connectivity index (χ3v) is 2.38. The van der Waals surface area contributed by atoms with Gasteiger partial charge in [-0.05, 0) is 12.1 Å². The van der Waals surface area contributed by atoms with Gasteiger partial charge in [-0.15, -0.1) is 24.8 Å². The highest BCUT2D eigenvalue weighted by Gasteiger charge is 2.08. The molecule has 1 aliphatic heterocycles. The molecule has 0 aromatic carbocycles. The van der Waals surface area contributed by atoms with Gasteiger partial charge >= 0.3 is 0 Å². The van der Waals surface area contributed by atoms with Crippen molar-refractivity contribution in [2.75, 3.05) is 18.5 Å². The van der Waals surface area contributed by atoms with Crippen molar-refractivity contribution in [3.63, 3.8) is 0 Å². The number of anilines is 1. The predicted octanol–water partition coefficient (Wildman–Crippen LogP) is 1.85. The molecule has 2 aromatic heterocycles. The standard InChI is InChI=1S/C10H11N5.2ClH/c1-2-5-15-10(3-1)9(7-12-15)13-14-6-4-11-8-14;;/h1-3,5,7-8,13H,4,6H2;2*1H. The Morgan fingerprint density at radius 1 is 1.24 bits per heavy atom. The average Bonchev–Trinajstić information content (AvgIpc) is 2.89. The molecule has 0 atom stereocenters. The van der Waals surface area contributed by atoms with E-state index in [1.54, 1.807) is 0 Å². The van der Waals surface area contributed by atoms with Gasteiger partial charge in [-0.2, -0.15) is 5.10 Å². The van der Waals surface area contributed by atoms with Crippen LogP contribution in [0, 0.1) is 0 Å². The van der Waals surface area contributed by atoms with E-state index in [2.05, 4.69) is 15.5 Å². The molecule has 5 nitrogen and oxygen atoms in total. The molecule has 92 valence electrons. The molecule has 0 aliphatic carbocycles. The van der Waals surface area contributed by atoms with Gasteiger partial charge in [-0.3, -0.25) is 15.4 Å². The Morgan fingerprint density at radius 3 is 2.88 bits per heavy atom. The van der Waals surface area contributed by atoms with Crippen molar-refractivity contribution in [3.8, 4) is 0 Å². The molecule has 17 heavy (non-hydrogen) atoms. The number of halogens is 2. The number of nitrogens with zero attached hydrogens (tertiary/aromatic N) is 4. The lowest BCUT2D eigenvalue weighted by atomic mass is 10.4. The highest BCUT2D eigenvalue weighted by atomic mass is 35.5. The molecular weight excluding hydrogens is 261 g/mol. The second-order valence-electron chi connectivity index (χ2n) is 3.42. The van der Waals surface area contributed by atoms with Crippen LogP contribution in [0.25, 0.3) is 5.52 Å². The predicted molar refractivity (Wildman–Crippen MR) is 73.4 cm³/mol. The number of hydrogen-bond donors (Lipinski definition) is 1. The molecule has 0 fully saturated rings. The highest BCUT2D eigenvalue weighted by molar-refractivity contribution is 5.85. The van der Waals surface area contributed by atoms with Gasteiger partial charge in [0.25, 0.3) is 0 Å². The molecule has 3 rings (SSSR count). The van der Waals surface area contributed by atoms with E-state index in [0.29, 0.717) is 0 Å². The monoisotopic (exact) mass is 273 g/mol. The summed E-state index contributed by atoms with van der Waals surface area (Å²) in [5.41, 5.74) is 5.34. The van der Waals surface area contributed by atoms with Crippen LogP contribution in [0.15, 0.2) is 35.6 Å². The van der Waals surface area contributed by atoms with Gasteiger partial charge in [0.15, 0.2) is 0 Å².